The Labute approximate surface area is 144 Å². The van der Waals surface area contributed by atoms with Gasteiger partial charge in [0.05, 0.1) is 5.56 Å². The Balaban J connectivity index is 1.77. The summed E-state index contributed by atoms with van der Waals surface area (Å²) in [5, 5.41) is 3.22. The minimum Gasteiger partial charge on any atom is -0.344 e. The topological polar surface area (TPSA) is 37.3 Å². The van der Waals surface area contributed by atoms with Crippen LogP contribution < -0.4 is 5.32 Å². The molecule has 1 aromatic heterocycles. The molecule has 1 aromatic carbocycles. The van der Waals surface area contributed by atoms with E-state index in [9.17, 15) is 4.79 Å². The summed E-state index contributed by atoms with van der Waals surface area (Å²) in [6.07, 6.45) is 1.09. The maximum atomic E-state index is 12.9. The van der Waals surface area contributed by atoms with Crippen molar-refractivity contribution in [3.8, 4) is 0 Å². The van der Waals surface area contributed by atoms with E-state index in [1.807, 2.05) is 24.1 Å². The zero-order valence-corrected chi connectivity index (χ0v) is 14.9. The van der Waals surface area contributed by atoms with Gasteiger partial charge in [0, 0.05) is 31.0 Å². The Morgan fingerprint density at radius 1 is 1.25 bits per heavy atom. The van der Waals surface area contributed by atoms with Gasteiger partial charge in [-0.05, 0) is 51.4 Å². The van der Waals surface area contributed by atoms with Gasteiger partial charge in [0.1, 0.15) is 0 Å². The zero-order valence-electron chi connectivity index (χ0n) is 14.9. The van der Waals surface area contributed by atoms with Gasteiger partial charge in [-0.3, -0.25) is 4.79 Å². The standard InChI is InChI=1S/C20H27N3O/c1-15-11-19(20(24)22-10-9-18(13-22)12-21-3)16(2)23(15)14-17-7-5-4-6-8-17/h4-8,11,18,21H,9-10,12-14H2,1-3H3/t18-/m0/s1. The number of hydrogen-bond acceptors (Lipinski definition) is 2. The van der Waals surface area contributed by atoms with E-state index in [1.165, 1.54) is 5.56 Å². The van der Waals surface area contributed by atoms with E-state index in [-0.39, 0.29) is 5.91 Å². The van der Waals surface area contributed by atoms with Crippen molar-refractivity contribution in [2.45, 2.75) is 26.8 Å². The van der Waals surface area contributed by atoms with Crippen molar-refractivity contribution in [1.82, 2.24) is 14.8 Å². The van der Waals surface area contributed by atoms with Gasteiger partial charge in [-0.1, -0.05) is 30.3 Å². The zero-order chi connectivity index (χ0) is 17.1. The van der Waals surface area contributed by atoms with Gasteiger partial charge in [0.15, 0.2) is 0 Å². The van der Waals surface area contributed by atoms with E-state index in [0.717, 1.165) is 49.6 Å². The summed E-state index contributed by atoms with van der Waals surface area (Å²) < 4.78 is 2.24. The minimum absolute atomic E-state index is 0.181. The second kappa shape index (κ2) is 7.22. The number of likely N-dealkylation sites (tertiary alicyclic amines) is 1. The number of nitrogens with zero attached hydrogens (tertiary/aromatic N) is 2. The first-order valence-corrected chi connectivity index (χ1v) is 8.74. The first-order chi connectivity index (χ1) is 11.6. The lowest BCUT2D eigenvalue weighted by Gasteiger charge is -2.17. The quantitative estimate of drug-likeness (QED) is 0.918. The van der Waals surface area contributed by atoms with Crippen LogP contribution in [0.15, 0.2) is 36.4 Å². The van der Waals surface area contributed by atoms with Gasteiger partial charge in [-0.25, -0.2) is 0 Å². The van der Waals surface area contributed by atoms with Gasteiger partial charge in [-0.2, -0.15) is 0 Å². The highest BCUT2D eigenvalue weighted by Crippen LogP contribution is 2.23. The van der Waals surface area contributed by atoms with Gasteiger partial charge >= 0.3 is 0 Å². The van der Waals surface area contributed by atoms with E-state index in [1.54, 1.807) is 0 Å². The lowest BCUT2D eigenvalue weighted by atomic mass is 10.1. The molecule has 128 valence electrons. The maximum Gasteiger partial charge on any atom is 0.255 e. The predicted octanol–water partition coefficient (Wildman–Crippen LogP) is 2.83. The highest BCUT2D eigenvalue weighted by atomic mass is 16.2. The van der Waals surface area contributed by atoms with E-state index < -0.39 is 0 Å². The molecule has 1 atom stereocenters. The largest absolute Gasteiger partial charge is 0.344 e. The molecular formula is C20H27N3O. The van der Waals surface area contributed by atoms with Crippen LogP contribution in [0.25, 0.3) is 0 Å². The fourth-order valence-electron chi connectivity index (χ4n) is 3.67. The number of benzene rings is 1. The molecule has 0 aliphatic carbocycles. The Kier molecular flexibility index (Phi) is 5.05. The number of carbonyl (C=O) groups is 1. The SMILES string of the molecule is CNC[C@@H]1CCN(C(=O)c2cc(C)n(Cc3ccccc3)c2C)C1. The molecule has 1 fully saturated rings. The molecule has 0 saturated carbocycles. The third-order valence-corrected chi connectivity index (χ3v) is 5.05. The van der Waals surface area contributed by atoms with E-state index >= 15 is 0 Å². The van der Waals surface area contributed by atoms with Crippen molar-refractivity contribution >= 4 is 5.91 Å². The summed E-state index contributed by atoms with van der Waals surface area (Å²) in [7, 11) is 1.97. The van der Waals surface area contributed by atoms with Crippen molar-refractivity contribution < 1.29 is 4.79 Å². The Hall–Kier alpha value is -2.07. The van der Waals surface area contributed by atoms with Crippen LogP contribution in [0.4, 0.5) is 0 Å². The molecule has 0 bridgehead atoms. The Morgan fingerprint density at radius 3 is 2.71 bits per heavy atom. The van der Waals surface area contributed by atoms with Gasteiger partial charge in [0.25, 0.3) is 5.91 Å². The molecule has 0 unspecified atom stereocenters. The number of amides is 1. The summed E-state index contributed by atoms with van der Waals surface area (Å²) in [6, 6.07) is 12.4. The summed E-state index contributed by atoms with van der Waals surface area (Å²) in [5.41, 5.74) is 4.33. The fourth-order valence-corrected chi connectivity index (χ4v) is 3.67. The van der Waals surface area contributed by atoms with E-state index in [0.29, 0.717) is 5.92 Å². The number of aromatic nitrogens is 1. The number of carbonyl (C=O) groups excluding carboxylic acids is 1. The minimum atomic E-state index is 0.181. The molecule has 3 rings (SSSR count). The second-order valence-electron chi connectivity index (χ2n) is 6.82. The van der Waals surface area contributed by atoms with E-state index in [4.69, 9.17) is 0 Å². The highest BCUT2D eigenvalue weighted by molar-refractivity contribution is 5.96. The van der Waals surface area contributed by atoms with Crippen LogP contribution in [0.1, 0.15) is 33.7 Å². The average Bonchev–Trinajstić information content (AvgIpc) is 3.16. The summed E-state index contributed by atoms with van der Waals surface area (Å²) >= 11 is 0. The third-order valence-electron chi connectivity index (χ3n) is 5.05. The molecule has 2 heterocycles. The summed E-state index contributed by atoms with van der Waals surface area (Å²) in [5.74, 6) is 0.757. The molecule has 1 aliphatic heterocycles. The van der Waals surface area contributed by atoms with Crippen LogP contribution >= 0.6 is 0 Å². The molecule has 1 N–H and O–H groups in total. The molecule has 24 heavy (non-hydrogen) atoms. The van der Waals surface area contributed by atoms with Crippen LogP contribution in [-0.2, 0) is 6.54 Å². The van der Waals surface area contributed by atoms with Crippen molar-refractivity contribution in [1.29, 1.82) is 0 Å². The highest BCUT2D eigenvalue weighted by Gasteiger charge is 2.28. The van der Waals surface area contributed by atoms with Crippen LogP contribution in [0.3, 0.4) is 0 Å². The molecule has 1 aliphatic rings. The first-order valence-electron chi connectivity index (χ1n) is 8.74. The lowest BCUT2D eigenvalue weighted by Crippen LogP contribution is -2.30. The fraction of sp³-hybridized carbons (Fsp3) is 0.450. The molecule has 1 amide bonds. The predicted molar refractivity (Wildman–Crippen MR) is 97.4 cm³/mol. The van der Waals surface area contributed by atoms with Gasteiger partial charge in [0.2, 0.25) is 0 Å². The Bertz CT molecular complexity index is 705. The molecule has 4 nitrogen and oxygen atoms in total. The van der Waals surface area contributed by atoms with Crippen molar-refractivity contribution in [3.63, 3.8) is 0 Å². The van der Waals surface area contributed by atoms with Crippen LogP contribution in [0.5, 0.6) is 0 Å². The monoisotopic (exact) mass is 325 g/mol. The smallest absolute Gasteiger partial charge is 0.255 e. The first kappa shape index (κ1) is 16.8. The molecule has 2 aromatic rings. The van der Waals surface area contributed by atoms with E-state index in [2.05, 4.69) is 48.0 Å². The molecular weight excluding hydrogens is 298 g/mol. The maximum absolute atomic E-state index is 12.9. The van der Waals surface area contributed by atoms with Crippen LogP contribution in [0.2, 0.25) is 0 Å². The second-order valence-corrected chi connectivity index (χ2v) is 6.82. The molecule has 4 heteroatoms. The number of nitrogens with one attached hydrogen (secondary N) is 1. The molecule has 0 radical (unpaired) electrons. The van der Waals surface area contributed by atoms with Crippen molar-refractivity contribution in [2.75, 3.05) is 26.7 Å². The summed E-state index contributed by atoms with van der Waals surface area (Å²) in [4.78, 5) is 14.9. The lowest BCUT2D eigenvalue weighted by molar-refractivity contribution is 0.0786. The number of rotatable bonds is 5. The summed E-state index contributed by atoms with van der Waals surface area (Å²) in [6.45, 7) is 7.67. The van der Waals surface area contributed by atoms with Crippen molar-refractivity contribution in [3.05, 3.63) is 58.9 Å². The number of hydrogen-bond donors (Lipinski definition) is 1. The molecule has 0 spiro atoms. The van der Waals surface area contributed by atoms with Crippen molar-refractivity contribution in [2.24, 2.45) is 5.92 Å². The van der Waals surface area contributed by atoms with Gasteiger partial charge < -0.3 is 14.8 Å². The van der Waals surface area contributed by atoms with Crippen LogP contribution in [0, 0.1) is 19.8 Å². The Morgan fingerprint density at radius 2 is 2.00 bits per heavy atom. The third kappa shape index (κ3) is 3.39. The normalized spacial score (nSPS) is 17.5. The molecule has 1 saturated heterocycles. The average molecular weight is 325 g/mol. The van der Waals surface area contributed by atoms with Gasteiger partial charge in [-0.15, -0.1) is 0 Å². The number of aryl methyl sites for hydroxylation is 1. The van der Waals surface area contributed by atoms with Crippen LogP contribution in [-0.4, -0.2) is 42.1 Å².